The molecule has 2 atom stereocenters. The normalized spacial score (nSPS) is 20.0. The highest BCUT2D eigenvalue weighted by atomic mass is 35.5. The van der Waals surface area contributed by atoms with Crippen LogP contribution in [0.25, 0.3) is 0 Å². The molecule has 0 bridgehead atoms. The first-order valence-electron chi connectivity index (χ1n) is 10.9. The molecule has 2 aliphatic rings. The highest BCUT2D eigenvalue weighted by Gasteiger charge is 2.38. The second kappa shape index (κ2) is 9.25. The Labute approximate surface area is 195 Å². The number of likely N-dealkylation sites (N-methyl/N-ethyl adjacent to an activating group) is 1. The number of hydrogen-bond acceptors (Lipinski definition) is 2. The van der Waals surface area contributed by atoms with Crippen LogP contribution in [0.4, 0.5) is 18.0 Å². The number of nitrogens with one attached hydrogen (secondary N) is 1. The minimum absolute atomic E-state index is 0.140. The van der Waals surface area contributed by atoms with E-state index in [1.54, 1.807) is 29.0 Å². The number of likely N-dealkylation sites (tertiary alicyclic amines) is 1. The quantitative estimate of drug-likeness (QED) is 0.657. The second-order valence-electron chi connectivity index (χ2n) is 8.62. The lowest BCUT2D eigenvalue weighted by Gasteiger charge is -2.29. The van der Waals surface area contributed by atoms with Gasteiger partial charge in [0.1, 0.15) is 6.04 Å². The Balaban J connectivity index is 1.40. The first kappa shape index (κ1) is 23.4. The molecular weight excluding hydrogens is 455 g/mol. The van der Waals surface area contributed by atoms with Crippen molar-refractivity contribution in [3.8, 4) is 0 Å². The third-order valence-corrected chi connectivity index (χ3v) is 6.61. The van der Waals surface area contributed by atoms with Crippen molar-refractivity contribution in [2.24, 2.45) is 0 Å². The Morgan fingerprint density at radius 1 is 1.15 bits per heavy atom. The second-order valence-corrected chi connectivity index (χ2v) is 9.06. The highest BCUT2D eigenvalue weighted by Crippen LogP contribution is 2.37. The molecule has 1 heterocycles. The number of alkyl halides is 3. The Bertz CT molecular complexity index is 1040. The average molecular weight is 480 g/mol. The molecule has 1 saturated heterocycles. The van der Waals surface area contributed by atoms with Crippen molar-refractivity contribution in [2.75, 3.05) is 13.6 Å². The Morgan fingerprint density at radius 2 is 1.88 bits per heavy atom. The van der Waals surface area contributed by atoms with Gasteiger partial charge in [-0.2, -0.15) is 13.2 Å². The highest BCUT2D eigenvalue weighted by molar-refractivity contribution is 6.30. The van der Waals surface area contributed by atoms with E-state index >= 15 is 0 Å². The fraction of sp³-hybridized carbons (Fsp3) is 0.417. The fourth-order valence-corrected chi connectivity index (χ4v) is 4.76. The van der Waals surface area contributed by atoms with Crippen LogP contribution in [0.3, 0.4) is 0 Å². The lowest BCUT2D eigenvalue weighted by Crippen LogP contribution is -2.50. The Morgan fingerprint density at radius 3 is 2.58 bits per heavy atom. The van der Waals surface area contributed by atoms with Gasteiger partial charge in [-0.05, 0) is 66.6 Å². The lowest BCUT2D eigenvalue weighted by molar-refractivity contribution is -0.137. The standard InChI is InChI=1S/C24H25ClF3N3O2/c1-30(14-15-4-8-18(25)9-5-15)22(32)21-3-2-12-31(21)23(33)29-20-11-6-16-13-17(24(26,27)28)7-10-19(16)20/h4-5,7-10,13,20-21H,2-3,6,11-12,14H2,1H3,(H,29,33)/t20-,21+/m0/s1. The van der Waals surface area contributed by atoms with Crippen molar-refractivity contribution in [3.05, 3.63) is 69.7 Å². The maximum absolute atomic E-state index is 13.1. The van der Waals surface area contributed by atoms with E-state index < -0.39 is 17.8 Å². The van der Waals surface area contributed by atoms with Crippen LogP contribution in [-0.4, -0.2) is 41.4 Å². The predicted molar refractivity (Wildman–Crippen MR) is 119 cm³/mol. The summed E-state index contributed by atoms with van der Waals surface area (Å²) in [6, 6.07) is 9.62. The molecule has 1 fully saturated rings. The van der Waals surface area contributed by atoms with Gasteiger partial charge in [0.2, 0.25) is 5.91 Å². The summed E-state index contributed by atoms with van der Waals surface area (Å²) in [7, 11) is 1.71. The van der Waals surface area contributed by atoms with Gasteiger partial charge < -0.3 is 15.1 Å². The Kier molecular flexibility index (Phi) is 6.56. The van der Waals surface area contributed by atoms with Crippen LogP contribution >= 0.6 is 11.6 Å². The molecular formula is C24H25ClF3N3O2. The van der Waals surface area contributed by atoms with Crippen molar-refractivity contribution < 1.29 is 22.8 Å². The maximum Gasteiger partial charge on any atom is 0.416 e. The average Bonchev–Trinajstić information content (AvgIpc) is 3.41. The summed E-state index contributed by atoms with van der Waals surface area (Å²) in [6.45, 7) is 0.864. The number of carbonyl (C=O) groups excluding carboxylic acids is 2. The zero-order valence-corrected chi connectivity index (χ0v) is 18.9. The van der Waals surface area contributed by atoms with Crippen molar-refractivity contribution >= 4 is 23.5 Å². The minimum atomic E-state index is -4.39. The molecule has 0 spiro atoms. The van der Waals surface area contributed by atoms with E-state index in [0.717, 1.165) is 24.1 Å². The Hall–Kier alpha value is -2.74. The maximum atomic E-state index is 13.1. The van der Waals surface area contributed by atoms with Crippen molar-refractivity contribution in [3.63, 3.8) is 0 Å². The van der Waals surface area contributed by atoms with Crippen LogP contribution in [0.1, 0.15) is 47.6 Å². The molecule has 4 rings (SSSR count). The number of fused-ring (bicyclic) bond motifs is 1. The van der Waals surface area contributed by atoms with Gasteiger partial charge in [-0.1, -0.05) is 29.8 Å². The van der Waals surface area contributed by atoms with Gasteiger partial charge in [-0.15, -0.1) is 0 Å². The molecule has 33 heavy (non-hydrogen) atoms. The summed E-state index contributed by atoms with van der Waals surface area (Å²) < 4.78 is 39.0. The zero-order chi connectivity index (χ0) is 23.8. The van der Waals surface area contributed by atoms with E-state index in [0.29, 0.717) is 48.5 Å². The third kappa shape index (κ3) is 5.11. The van der Waals surface area contributed by atoms with Gasteiger partial charge in [-0.25, -0.2) is 4.79 Å². The molecule has 3 amide bonds. The van der Waals surface area contributed by atoms with Gasteiger partial charge in [0, 0.05) is 25.2 Å². The van der Waals surface area contributed by atoms with Gasteiger partial charge >= 0.3 is 12.2 Å². The number of carbonyl (C=O) groups is 2. The molecule has 1 N–H and O–H groups in total. The smallest absolute Gasteiger partial charge is 0.340 e. The van der Waals surface area contributed by atoms with Gasteiger partial charge in [0.25, 0.3) is 0 Å². The molecule has 1 aliphatic carbocycles. The summed E-state index contributed by atoms with van der Waals surface area (Å²) in [5.74, 6) is -0.140. The number of nitrogens with zero attached hydrogens (tertiary/aromatic N) is 2. The molecule has 0 aromatic heterocycles. The summed E-state index contributed by atoms with van der Waals surface area (Å²) >= 11 is 5.92. The molecule has 1 aliphatic heterocycles. The number of aryl methyl sites for hydroxylation is 1. The third-order valence-electron chi connectivity index (χ3n) is 6.35. The topological polar surface area (TPSA) is 52.7 Å². The van der Waals surface area contributed by atoms with Gasteiger partial charge in [0.05, 0.1) is 11.6 Å². The first-order valence-corrected chi connectivity index (χ1v) is 11.3. The molecule has 0 unspecified atom stereocenters. The predicted octanol–water partition coefficient (Wildman–Crippen LogP) is 5.18. The summed E-state index contributed by atoms with van der Waals surface area (Å²) in [6.07, 6.45) is -2.10. The van der Waals surface area contributed by atoms with Crippen LogP contribution in [-0.2, 0) is 23.9 Å². The SMILES string of the molecule is CN(Cc1ccc(Cl)cc1)C(=O)[C@H]1CCCN1C(=O)N[C@H]1CCc2cc(C(F)(F)F)ccc21. The van der Waals surface area contributed by atoms with Crippen LogP contribution in [0.2, 0.25) is 5.02 Å². The molecule has 0 radical (unpaired) electrons. The number of halogens is 4. The molecule has 0 saturated carbocycles. The van der Waals surface area contributed by atoms with Gasteiger partial charge in [0.15, 0.2) is 0 Å². The minimum Gasteiger partial charge on any atom is -0.340 e. The van der Waals surface area contributed by atoms with Crippen molar-refractivity contribution in [2.45, 2.75) is 50.5 Å². The van der Waals surface area contributed by atoms with Gasteiger partial charge in [-0.3, -0.25) is 4.79 Å². The summed E-state index contributed by atoms with van der Waals surface area (Å²) in [5, 5.41) is 3.56. The molecule has 176 valence electrons. The van der Waals surface area contributed by atoms with Crippen LogP contribution < -0.4 is 5.32 Å². The molecule has 2 aromatic carbocycles. The number of rotatable bonds is 4. The summed E-state index contributed by atoms with van der Waals surface area (Å²) in [4.78, 5) is 29.2. The summed E-state index contributed by atoms with van der Waals surface area (Å²) in [5.41, 5.74) is 1.57. The van der Waals surface area contributed by atoms with Crippen LogP contribution in [0.15, 0.2) is 42.5 Å². The number of urea groups is 1. The number of amides is 3. The van der Waals surface area contributed by atoms with Crippen LogP contribution in [0, 0.1) is 0 Å². The van der Waals surface area contributed by atoms with Crippen molar-refractivity contribution in [1.29, 1.82) is 0 Å². The fourth-order valence-electron chi connectivity index (χ4n) is 4.64. The van der Waals surface area contributed by atoms with Crippen molar-refractivity contribution in [1.82, 2.24) is 15.1 Å². The van der Waals surface area contributed by atoms with E-state index in [4.69, 9.17) is 11.6 Å². The van der Waals surface area contributed by atoms with E-state index in [1.165, 1.54) is 6.07 Å². The monoisotopic (exact) mass is 479 g/mol. The van der Waals surface area contributed by atoms with E-state index in [-0.39, 0.29) is 18.0 Å². The lowest BCUT2D eigenvalue weighted by atomic mass is 10.0. The first-order chi connectivity index (χ1) is 15.6. The molecule has 9 heteroatoms. The van der Waals surface area contributed by atoms with Crippen LogP contribution in [0.5, 0.6) is 0 Å². The zero-order valence-electron chi connectivity index (χ0n) is 18.2. The van der Waals surface area contributed by atoms with E-state index in [2.05, 4.69) is 5.32 Å². The molecule has 5 nitrogen and oxygen atoms in total. The number of benzene rings is 2. The number of hydrogen-bond donors (Lipinski definition) is 1. The van der Waals surface area contributed by atoms with E-state index in [9.17, 15) is 22.8 Å². The largest absolute Gasteiger partial charge is 0.416 e. The van der Waals surface area contributed by atoms with E-state index in [1.807, 2.05) is 12.1 Å². The molecule has 2 aromatic rings.